The van der Waals surface area contributed by atoms with Gasteiger partial charge in [-0.1, -0.05) is 23.2 Å². The Morgan fingerprint density at radius 1 is 1.42 bits per heavy atom. The third-order valence-corrected chi connectivity index (χ3v) is 3.61. The van der Waals surface area contributed by atoms with Gasteiger partial charge in [0, 0.05) is 18.0 Å². The quantitative estimate of drug-likeness (QED) is 0.791. The summed E-state index contributed by atoms with van der Waals surface area (Å²) >= 11 is 13.7. The van der Waals surface area contributed by atoms with Crippen LogP contribution in [0.5, 0.6) is 0 Å². The van der Waals surface area contributed by atoms with Crippen molar-refractivity contribution >= 4 is 52.2 Å². The molecule has 0 radical (unpaired) electrons. The van der Waals surface area contributed by atoms with Crippen LogP contribution in [0.4, 0.5) is 11.4 Å². The summed E-state index contributed by atoms with van der Waals surface area (Å²) in [5.74, 6) is 0.824. The lowest BCUT2D eigenvalue weighted by Gasteiger charge is -2.16. The number of hydrogen-bond donors (Lipinski definition) is 2. The van der Waals surface area contributed by atoms with E-state index in [0.717, 1.165) is 12.3 Å². The molecule has 0 spiro atoms. The number of nitrogens with one attached hydrogen (secondary N) is 1. The summed E-state index contributed by atoms with van der Waals surface area (Å²) in [7, 11) is 1.89. The lowest BCUT2D eigenvalue weighted by molar-refractivity contribution is -0.117. The van der Waals surface area contributed by atoms with E-state index in [9.17, 15) is 4.79 Å². The van der Waals surface area contributed by atoms with E-state index in [2.05, 4.69) is 5.32 Å². The van der Waals surface area contributed by atoms with Crippen molar-refractivity contribution in [1.29, 1.82) is 0 Å². The molecule has 0 bridgehead atoms. The monoisotopic (exact) mass is 321 g/mol. The van der Waals surface area contributed by atoms with Crippen LogP contribution < -0.4 is 11.1 Å². The molecule has 1 aromatic rings. The van der Waals surface area contributed by atoms with Crippen LogP contribution >= 0.6 is 35.0 Å². The Bertz CT molecular complexity index is 434. The van der Waals surface area contributed by atoms with Gasteiger partial charge in [0.15, 0.2) is 0 Å². The highest BCUT2D eigenvalue weighted by Gasteiger charge is 2.12. The Kier molecular flexibility index (Phi) is 6.79. The molecule has 106 valence electrons. The number of rotatable bonds is 6. The molecule has 1 aromatic carbocycles. The van der Waals surface area contributed by atoms with Gasteiger partial charge in [0.2, 0.25) is 5.91 Å². The van der Waals surface area contributed by atoms with E-state index >= 15 is 0 Å². The highest BCUT2D eigenvalue weighted by molar-refractivity contribution is 7.98. The van der Waals surface area contributed by atoms with Gasteiger partial charge in [0.1, 0.15) is 0 Å². The maximum Gasteiger partial charge on any atom is 0.238 e. The van der Waals surface area contributed by atoms with E-state index < -0.39 is 0 Å². The molecule has 0 unspecified atom stereocenters. The summed E-state index contributed by atoms with van der Waals surface area (Å²) < 4.78 is 0. The lowest BCUT2D eigenvalue weighted by atomic mass is 10.2. The average Bonchev–Trinajstić information content (AvgIpc) is 2.31. The van der Waals surface area contributed by atoms with E-state index in [1.165, 1.54) is 0 Å². The van der Waals surface area contributed by atoms with Gasteiger partial charge in [0.05, 0.1) is 22.3 Å². The fourth-order valence-electron chi connectivity index (χ4n) is 1.46. The largest absolute Gasteiger partial charge is 0.399 e. The van der Waals surface area contributed by atoms with Crippen LogP contribution in [-0.4, -0.2) is 43.0 Å². The van der Waals surface area contributed by atoms with Crippen molar-refractivity contribution in [3.05, 3.63) is 22.2 Å². The van der Waals surface area contributed by atoms with Crippen molar-refractivity contribution in [2.75, 3.05) is 43.2 Å². The van der Waals surface area contributed by atoms with Crippen molar-refractivity contribution in [3.8, 4) is 0 Å². The predicted octanol–water partition coefficient (Wildman–Crippen LogP) is 2.81. The molecular weight excluding hydrogens is 305 g/mol. The molecule has 1 rings (SSSR count). The Hall–Kier alpha value is -0.620. The molecule has 0 aliphatic heterocycles. The Morgan fingerprint density at radius 3 is 2.53 bits per heavy atom. The van der Waals surface area contributed by atoms with Gasteiger partial charge < -0.3 is 11.1 Å². The second kappa shape index (κ2) is 7.85. The van der Waals surface area contributed by atoms with Crippen molar-refractivity contribution in [3.63, 3.8) is 0 Å². The summed E-state index contributed by atoms with van der Waals surface area (Å²) in [5, 5.41) is 3.38. The number of benzene rings is 1. The first kappa shape index (κ1) is 16.4. The van der Waals surface area contributed by atoms with Gasteiger partial charge in [-0.2, -0.15) is 11.8 Å². The minimum atomic E-state index is -0.155. The maximum absolute atomic E-state index is 11.9. The zero-order valence-electron chi connectivity index (χ0n) is 10.9. The number of nitrogen functional groups attached to an aromatic ring is 1. The minimum Gasteiger partial charge on any atom is -0.399 e. The smallest absolute Gasteiger partial charge is 0.238 e. The number of anilines is 2. The summed E-state index contributed by atoms with van der Waals surface area (Å²) in [4.78, 5) is 13.8. The number of thioether (sulfide) groups is 1. The van der Waals surface area contributed by atoms with Gasteiger partial charge in [-0.15, -0.1) is 0 Å². The second-order valence-corrected chi connectivity index (χ2v) is 5.94. The highest BCUT2D eigenvalue weighted by atomic mass is 35.5. The van der Waals surface area contributed by atoms with Crippen molar-refractivity contribution < 1.29 is 4.79 Å². The molecule has 0 atom stereocenters. The van der Waals surface area contributed by atoms with Gasteiger partial charge in [-0.25, -0.2) is 0 Å². The number of halogens is 2. The zero-order chi connectivity index (χ0) is 14.4. The fourth-order valence-corrected chi connectivity index (χ4v) is 2.56. The minimum absolute atomic E-state index is 0.155. The second-order valence-electron chi connectivity index (χ2n) is 4.14. The summed E-state index contributed by atoms with van der Waals surface area (Å²) in [6.07, 6.45) is 2.03. The normalized spacial score (nSPS) is 10.8. The molecule has 0 aliphatic rings. The number of hydrogen-bond acceptors (Lipinski definition) is 4. The molecule has 3 N–H and O–H groups in total. The van der Waals surface area contributed by atoms with Gasteiger partial charge >= 0.3 is 0 Å². The summed E-state index contributed by atoms with van der Waals surface area (Å²) in [5.41, 5.74) is 6.47. The first-order valence-corrected chi connectivity index (χ1v) is 7.81. The topological polar surface area (TPSA) is 58.4 Å². The van der Waals surface area contributed by atoms with Gasteiger partial charge in [-0.05, 0) is 25.4 Å². The number of likely N-dealkylation sites (N-methyl/N-ethyl adjacent to an activating group) is 1. The number of nitrogens with zero attached hydrogens (tertiary/aromatic N) is 1. The van der Waals surface area contributed by atoms with Crippen LogP contribution in [0.15, 0.2) is 12.1 Å². The molecule has 0 aromatic heterocycles. The molecule has 0 fully saturated rings. The Morgan fingerprint density at radius 2 is 2.00 bits per heavy atom. The van der Waals surface area contributed by atoms with Gasteiger partial charge in [-0.3, -0.25) is 9.69 Å². The lowest BCUT2D eigenvalue weighted by Crippen LogP contribution is -2.31. The van der Waals surface area contributed by atoms with Crippen LogP contribution in [0.3, 0.4) is 0 Å². The molecule has 1 amide bonds. The van der Waals surface area contributed by atoms with E-state index in [1.54, 1.807) is 23.9 Å². The third kappa shape index (κ3) is 5.48. The van der Waals surface area contributed by atoms with Crippen LogP contribution in [-0.2, 0) is 4.79 Å². The van der Waals surface area contributed by atoms with Crippen LogP contribution in [0.1, 0.15) is 0 Å². The van der Waals surface area contributed by atoms with Crippen molar-refractivity contribution in [1.82, 2.24) is 4.90 Å². The van der Waals surface area contributed by atoms with Crippen LogP contribution in [0, 0.1) is 0 Å². The molecule has 4 nitrogen and oxygen atoms in total. The van der Waals surface area contributed by atoms with Gasteiger partial charge in [0.25, 0.3) is 0 Å². The number of nitrogens with two attached hydrogens (primary N) is 1. The molecule has 0 saturated heterocycles. The zero-order valence-corrected chi connectivity index (χ0v) is 13.2. The Labute approximate surface area is 127 Å². The van der Waals surface area contributed by atoms with E-state index in [1.807, 2.05) is 18.2 Å². The number of amides is 1. The molecular formula is C12H17Cl2N3OS. The van der Waals surface area contributed by atoms with Crippen LogP contribution in [0.2, 0.25) is 10.0 Å². The van der Waals surface area contributed by atoms with Crippen molar-refractivity contribution in [2.45, 2.75) is 0 Å². The SMILES string of the molecule is CSCCN(C)CC(=O)Nc1c(Cl)cc(N)cc1Cl. The molecule has 19 heavy (non-hydrogen) atoms. The molecule has 7 heteroatoms. The van der Waals surface area contributed by atoms with Crippen molar-refractivity contribution in [2.24, 2.45) is 0 Å². The molecule has 0 heterocycles. The standard InChI is InChI=1S/C12H17Cl2N3OS/c1-17(3-4-19-2)7-11(18)16-12-9(13)5-8(15)6-10(12)14/h5-6H,3-4,7,15H2,1-2H3,(H,16,18). The van der Waals surface area contributed by atoms with E-state index in [0.29, 0.717) is 21.4 Å². The first-order chi connectivity index (χ1) is 8.93. The fraction of sp³-hybridized carbons (Fsp3) is 0.417. The first-order valence-electron chi connectivity index (χ1n) is 5.66. The molecule has 0 saturated carbocycles. The summed E-state index contributed by atoms with van der Waals surface area (Å²) in [6, 6.07) is 3.11. The maximum atomic E-state index is 11.9. The summed E-state index contributed by atoms with van der Waals surface area (Å²) in [6.45, 7) is 1.13. The number of carbonyl (C=O) groups excluding carboxylic acids is 1. The third-order valence-electron chi connectivity index (χ3n) is 2.42. The Balaban J connectivity index is 2.62. The average molecular weight is 322 g/mol. The predicted molar refractivity (Wildman–Crippen MR) is 85.4 cm³/mol. The van der Waals surface area contributed by atoms with E-state index in [-0.39, 0.29) is 12.5 Å². The number of carbonyl (C=O) groups is 1. The highest BCUT2D eigenvalue weighted by Crippen LogP contribution is 2.32. The molecule has 0 aliphatic carbocycles. The van der Waals surface area contributed by atoms with Crippen LogP contribution in [0.25, 0.3) is 0 Å². The van der Waals surface area contributed by atoms with E-state index in [4.69, 9.17) is 28.9 Å².